The molecular formula is C9H12N2O. The topological polar surface area (TPSA) is 59.1 Å². The highest BCUT2D eigenvalue weighted by molar-refractivity contribution is 5.74. The lowest BCUT2D eigenvalue weighted by molar-refractivity contribution is 0.284. The van der Waals surface area contributed by atoms with Crippen molar-refractivity contribution in [3.8, 4) is 0 Å². The molecule has 0 aliphatic heterocycles. The van der Waals surface area contributed by atoms with E-state index in [-0.39, 0.29) is 12.4 Å². The molecule has 0 radical (unpaired) electrons. The average molecular weight is 164 g/mol. The molecule has 0 heterocycles. The van der Waals surface area contributed by atoms with Gasteiger partial charge in [-0.1, -0.05) is 30.3 Å². The maximum atomic E-state index is 7.14. The van der Waals surface area contributed by atoms with E-state index in [2.05, 4.69) is 0 Å². The van der Waals surface area contributed by atoms with Crippen molar-refractivity contribution in [3.63, 3.8) is 0 Å². The van der Waals surface area contributed by atoms with Crippen LogP contribution in [-0.4, -0.2) is 12.4 Å². The number of hydrogen-bond donors (Lipinski definition) is 2. The number of rotatable bonds is 3. The quantitative estimate of drug-likeness (QED) is 0.520. The van der Waals surface area contributed by atoms with Gasteiger partial charge in [-0.15, -0.1) is 0 Å². The number of ether oxygens (including phenoxy) is 1. The SMILES string of the molecule is N=C(CN)OCc1ccccc1. The lowest BCUT2D eigenvalue weighted by atomic mass is 10.2. The predicted molar refractivity (Wildman–Crippen MR) is 48.0 cm³/mol. The molecule has 3 heteroatoms. The summed E-state index contributed by atoms with van der Waals surface area (Å²) in [6, 6.07) is 9.71. The normalized spacial score (nSPS) is 9.42. The Bertz CT molecular complexity index is 246. The molecule has 0 aliphatic carbocycles. The second-order valence-corrected chi connectivity index (χ2v) is 2.40. The van der Waals surface area contributed by atoms with Crippen molar-refractivity contribution in [1.82, 2.24) is 0 Å². The predicted octanol–water partition coefficient (Wildman–Crippen LogP) is 1.14. The Labute approximate surface area is 71.7 Å². The van der Waals surface area contributed by atoms with E-state index in [0.29, 0.717) is 6.61 Å². The van der Waals surface area contributed by atoms with E-state index in [4.69, 9.17) is 15.9 Å². The fraction of sp³-hybridized carbons (Fsp3) is 0.222. The van der Waals surface area contributed by atoms with Crippen LogP contribution in [0.3, 0.4) is 0 Å². The Kier molecular flexibility index (Phi) is 3.29. The first-order chi connectivity index (χ1) is 5.83. The second-order valence-electron chi connectivity index (χ2n) is 2.40. The number of nitrogens with two attached hydrogens (primary N) is 1. The van der Waals surface area contributed by atoms with Crippen molar-refractivity contribution in [1.29, 1.82) is 5.41 Å². The third-order valence-electron chi connectivity index (χ3n) is 1.44. The van der Waals surface area contributed by atoms with Crippen LogP contribution in [0.15, 0.2) is 30.3 Å². The van der Waals surface area contributed by atoms with E-state index in [9.17, 15) is 0 Å². The Morgan fingerprint density at radius 3 is 2.58 bits per heavy atom. The zero-order valence-electron chi connectivity index (χ0n) is 6.79. The van der Waals surface area contributed by atoms with Crippen molar-refractivity contribution in [3.05, 3.63) is 35.9 Å². The van der Waals surface area contributed by atoms with E-state index in [1.54, 1.807) is 0 Å². The van der Waals surface area contributed by atoms with E-state index in [1.165, 1.54) is 0 Å². The van der Waals surface area contributed by atoms with Gasteiger partial charge < -0.3 is 10.5 Å². The highest BCUT2D eigenvalue weighted by Gasteiger charge is 1.94. The molecule has 64 valence electrons. The van der Waals surface area contributed by atoms with Gasteiger partial charge in [0.05, 0.1) is 6.54 Å². The van der Waals surface area contributed by atoms with Gasteiger partial charge >= 0.3 is 0 Å². The third kappa shape index (κ3) is 2.72. The summed E-state index contributed by atoms with van der Waals surface area (Å²) in [5.74, 6) is 0.124. The van der Waals surface area contributed by atoms with Gasteiger partial charge in [0.1, 0.15) is 6.61 Å². The number of nitrogens with one attached hydrogen (secondary N) is 1. The van der Waals surface area contributed by atoms with Crippen LogP contribution < -0.4 is 5.73 Å². The monoisotopic (exact) mass is 164 g/mol. The first-order valence-corrected chi connectivity index (χ1v) is 3.77. The smallest absolute Gasteiger partial charge is 0.194 e. The minimum Gasteiger partial charge on any atom is -0.475 e. The van der Waals surface area contributed by atoms with E-state index in [1.807, 2.05) is 30.3 Å². The molecule has 0 aliphatic rings. The average Bonchev–Trinajstić information content (AvgIpc) is 2.16. The van der Waals surface area contributed by atoms with Crippen LogP contribution in [0, 0.1) is 5.41 Å². The first-order valence-electron chi connectivity index (χ1n) is 3.77. The molecule has 0 unspecified atom stereocenters. The molecule has 0 bridgehead atoms. The fourth-order valence-corrected chi connectivity index (χ4v) is 0.804. The van der Waals surface area contributed by atoms with Gasteiger partial charge in [0, 0.05) is 0 Å². The Morgan fingerprint density at radius 1 is 1.33 bits per heavy atom. The summed E-state index contributed by atoms with van der Waals surface area (Å²) in [5.41, 5.74) is 6.24. The standard InChI is InChI=1S/C9H12N2O/c10-6-9(11)12-7-8-4-2-1-3-5-8/h1-5,11H,6-7,10H2. The first kappa shape index (κ1) is 8.74. The summed E-state index contributed by atoms with van der Waals surface area (Å²) in [6.45, 7) is 0.587. The van der Waals surface area contributed by atoms with Crippen molar-refractivity contribution in [2.24, 2.45) is 5.73 Å². The lowest BCUT2D eigenvalue weighted by Gasteiger charge is -2.04. The maximum Gasteiger partial charge on any atom is 0.194 e. The van der Waals surface area contributed by atoms with Gasteiger partial charge in [0.2, 0.25) is 0 Å². The molecule has 0 atom stereocenters. The van der Waals surface area contributed by atoms with Crippen LogP contribution in [0.2, 0.25) is 0 Å². The lowest BCUT2D eigenvalue weighted by Crippen LogP contribution is -2.15. The molecule has 1 aromatic rings. The van der Waals surface area contributed by atoms with Crippen LogP contribution in [0.4, 0.5) is 0 Å². The third-order valence-corrected chi connectivity index (χ3v) is 1.44. The fourth-order valence-electron chi connectivity index (χ4n) is 0.804. The molecule has 0 saturated heterocycles. The van der Waals surface area contributed by atoms with Gasteiger partial charge in [-0.2, -0.15) is 0 Å². The van der Waals surface area contributed by atoms with Crippen molar-refractivity contribution >= 4 is 5.90 Å². The molecule has 0 amide bonds. The zero-order valence-corrected chi connectivity index (χ0v) is 6.79. The summed E-state index contributed by atoms with van der Waals surface area (Å²) >= 11 is 0. The zero-order chi connectivity index (χ0) is 8.81. The van der Waals surface area contributed by atoms with Crippen LogP contribution in [0.1, 0.15) is 5.56 Å². The molecule has 0 aromatic heterocycles. The highest BCUT2D eigenvalue weighted by atomic mass is 16.5. The molecule has 1 aromatic carbocycles. The van der Waals surface area contributed by atoms with E-state index >= 15 is 0 Å². The van der Waals surface area contributed by atoms with Gasteiger partial charge in [-0.05, 0) is 5.56 Å². The summed E-state index contributed by atoms with van der Waals surface area (Å²) in [6.07, 6.45) is 0. The van der Waals surface area contributed by atoms with Crippen LogP contribution in [0.25, 0.3) is 0 Å². The molecule has 3 nitrogen and oxygen atoms in total. The minimum absolute atomic E-state index is 0.124. The molecule has 12 heavy (non-hydrogen) atoms. The summed E-state index contributed by atoms with van der Waals surface area (Å²) in [4.78, 5) is 0. The molecular weight excluding hydrogens is 152 g/mol. The van der Waals surface area contributed by atoms with Gasteiger partial charge in [-0.3, -0.25) is 5.41 Å². The van der Waals surface area contributed by atoms with Crippen LogP contribution in [0.5, 0.6) is 0 Å². The molecule has 1 rings (SSSR count). The second kappa shape index (κ2) is 4.51. The van der Waals surface area contributed by atoms with Crippen LogP contribution >= 0.6 is 0 Å². The number of hydrogen-bond acceptors (Lipinski definition) is 3. The summed E-state index contributed by atoms with van der Waals surface area (Å²) in [7, 11) is 0. The van der Waals surface area contributed by atoms with Gasteiger partial charge in [0.15, 0.2) is 5.90 Å². The van der Waals surface area contributed by atoms with E-state index < -0.39 is 0 Å². The summed E-state index contributed by atoms with van der Waals surface area (Å²) < 4.78 is 5.04. The van der Waals surface area contributed by atoms with E-state index in [0.717, 1.165) is 5.56 Å². The molecule has 3 N–H and O–H groups in total. The Morgan fingerprint density at radius 2 is 2.00 bits per heavy atom. The van der Waals surface area contributed by atoms with Crippen molar-refractivity contribution in [2.75, 3.05) is 6.54 Å². The van der Waals surface area contributed by atoms with Crippen LogP contribution in [-0.2, 0) is 11.3 Å². The Balaban J connectivity index is 2.38. The number of benzene rings is 1. The summed E-state index contributed by atoms with van der Waals surface area (Å²) in [5, 5.41) is 7.14. The van der Waals surface area contributed by atoms with Crippen molar-refractivity contribution < 1.29 is 4.74 Å². The Hall–Kier alpha value is -1.35. The molecule has 0 fully saturated rings. The molecule has 0 spiro atoms. The van der Waals surface area contributed by atoms with Gasteiger partial charge in [0.25, 0.3) is 0 Å². The minimum atomic E-state index is 0.124. The molecule has 0 saturated carbocycles. The maximum absolute atomic E-state index is 7.14. The van der Waals surface area contributed by atoms with Gasteiger partial charge in [-0.25, -0.2) is 0 Å². The van der Waals surface area contributed by atoms with Crippen molar-refractivity contribution in [2.45, 2.75) is 6.61 Å². The largest absolute Gasteiger partial charge is 0.475 e. The highest BCUT2D eigenvalue weighted by Crippen LogP contribution is 1.99.